The summed E-state index contributed by atoms with van der Waals surface area (Å²) in [5.74, 6) is 0. The summed E-state index contributed by atoms with van der Waals surface area (Å²) in [4.78, 5) is 2.33. The minimum absolute atomic E-state index is 0.910. The van der Waals surface area contributed by atoms with E-state index in [1.54, 1.807) is 0 Å². The molecule has 0 fully saturated rings. The Kier molecular flexibility index (Phi) is 4.98. The lowest BCUT2D eigenvalue weighted by molar-refractivity contribution is 1.04. The highest BCUT2D eigenvalue weighted by atomic mass is 15.2. The Labute approximate surface area is 151 Å². The maximum atomic E-state index is 4.36. The monoisotopic (exact) mass is 332 g/mol. The van der Waals surface area contributed by atoms with Gasteiger partial charge in [0, 0.05) is 41.3 Å². The zero-order chi connectivity index (χ0) is 18.0. The summed E-state index contributed by atoms with van der Waals surface area (Å²) in [6.45, 7) is 14.6. The lowest BCUT2D eigenvalue weighted by Gasteiger charge is -2.24. The number of aryl methyl sites for hydroxylation is 1. The third-order valence-electron chi connectivity index (χ3n) is 4.99. The normalized spacial score (nSPS) is 14.8. The molecule has 4 rings (SSSR count). The molecule has 0 aromatic heterocycles. The number of allylic oxidation sites excluding steroid dienone is 1. The van der Waals surface area contributed by atoms with Gasteiger partial charge < -0.3 is 10.2 Å². The van der Waals surface area contributed by atoms with E-state index in [9.17, 15) is 0 Å². The maximum Gasteiger partial charge on any atom is 0.0488 e. The first kappa shape index (κ1) is 17.3. The molecule has 2 heteroatoms. The maximum absolute atomic E-state index is 4.36. The van der Waals surface area contributed by atoms with Gasteiger partial charge in [0.15, 0.2) is 0 Å². The number of rotatable bonds is 2. The predicted octanol–water partition coefficient (Wildman–Crippen LogP) is 6.09. The van der Waals surface area contributed by atoms with Crippen molar-refractivity contribution in [1.29, 1.82) is 0 Å². The quantitative estimate of drug-likeness (QED) is 0.715. The fourth-order valence-corrected chi connectivity index (χ4v) is 3.51. The molecule has 2 aliphatic heterocycles. The molecular formula is C23H28N2. The van der Waals surface area contributed by atoms with Crippen molar-refractivity contribution in [3.05, 3.63) is 71.3 Å². The van der Waals surface area contributed by atoms with Crippen LogP contribution in [0, 0.1) is 0 Å². The van der Waals surface area contributed by atoms with Crippen LogP contribution in [0.4, 0.5) is 11.4 Å². The Morgan fingerprint density at radius 1 is 1.08 bits per heavy atom. The standard InChI is InChI=1S/C21H22N2.C2H6/c1-4-16-5-6-17-13-23(15(3)20(17)11-16)18-7-8-21-19(12-18)14(2)9-10-22-21;1-2/h5-9,11-12,22H,3-4,10,13H2,1-2H3;1-2H3. The number of fused-ring (bicyclic) bond motifs is 2. The van der Waals surface area contributed by atoms with E-state index >= 15 is 0 Å². The van der Waals surface area contributed by atoms with Gasteiger partial charge in [0.1, 0.15) is 0 Å². The Hall–Kier alpha value is -2.48. The van der Waals surface area contributed by atoms with Crippen LogP contribution in [0.5, 0.6) is 0 Å². The van der Waals surface area contributed by atoms with Crippen LogP contribution in [0.2, 0.25) is 0 Å². The SMILES string of the molecule is C=C1c2cc(CC)ccc2CN1c1ccc2c(c1)C(C)=CCN2.CC. The van der Waals surface area contributed by atoms with Gasteiger partial charge in [-0.2, -0.15) is 0 Å². The van der Waals surface area contributed by atoms with Crippen molar-refractivity contribution < 1.29 is 0 Å². The fourth-order valence-electron chi connectivity index (χ4n) is 3.51. The lowest BCUT2D eigenvalue weighted by Crippen LogP contribution is -2.14. The van der Waals surface area contributed by atoms with E-state index < -0.39 is 0 Å². The Bertz CT molecular complexity index is 830. The molecule has 0 aliphatic carbocycles. The number of nitrogens with one attached hydrogen (secondary N) is 1. The molecule has 2 nitrogen and oxygen atoms in total. The van der Waals surface area contributed by atoms with Gasteiger partial charge in [0.05, 0.1) is 0 Å². The summed E-state index contributed by atoms with van der Waals surface area (Å²) in [5, 5.41) is 3.44. The average Bonchev–Trinajstić information content (AvgIpc) is 2.99. The smallest absolute Gasteiger partial charge is 0.0488 e. The molecule has 2 aromatic rings. The Morgan fingerprint density at radius 3 is 2.64 bits per heavy atom. The number of hydrogen-bond acceptors (Lipinski definition) is 2. The van der Waals surface area contributed by atoms with Crippen LogP contribution in [0.3, 0.4) is 0 Å². The van der Waals surface area contributed by atoms with Gasteiger partial charge in [-0.3, -0.25) is 0 Å². The summed E-state index contributed by atoms with van der Waals surface area (Å²) in [6.07, 6.45) is 3.31. The predicted molar refractivity (Wildman–Crippen MR) is 111 cm³/mol. The second kappa shape index (κ2) is 7.18. The molecule has 25 heavy (non-hydrogen) atoms. The highest BCUT2D eigenvalue weighted by molar-refractivity contribution is 5.87. The number of anilines is 2. The van der Waals surface area contributed by atoms with Crippen molar-refractivity contribution in [2.24, 2.45) is 0 Å². The molecule has 0 saturated carbocycles. The van der Waals surface area contributed by atoms with Gasteiger partial charge >= 0.3 is 0 Å². The van der Waals surface area contributed by atoms with Gasteiger partial charge in [-0.05, 0) is 54.3 Å². The lowest BCUT2D eigenvalue weighted by atomic mass is 10.0. The highest BCUT2D eigenvalue weighted by Crippen LogP contribution is 2.39. The van der Waals surface area contributed by atoms with Crippen LogP contribution in [0.25, 0.3) is 11.3 Å². The number of hydrogen-bond donors (Lipinski definition) is 1. The average molecular weight is 332 g/mol. The number of nitrogens with zero attached hydrogens (tertiary/aromatic N) is 1. The third kappa shape index (κ3) is 3.09. The van der Waals surface area contributed by atoms with E-state index in [1.165, 1.54) is 39.2 Å². The van der Waals surface area contributed by atoms with Gasteiger partial charge in [-0.25, -0.2) is 0 Å². The van der Waals surface area contributed by atoms with Crippen LogP contribution < -0.4 is 10.2 Å². The molecule has 0 saturated heterocycles. The van der Waals surface area contributed by atoms with Crippen LogP contribution in [0.1, 0.15) is 49.9 Å². The summed E-state index contributed by atoms with van der Waals surface area (Å²) >= 11 is 0. The highest BCUT2D eigenvalue weighted by Gasteiger charge is 2.24. The third-order valence-corrected chi connectivity index (χ3v) is 4.99. The van der Waals surface area contributed by atoms with E-state index in [1.807, 2.05) is 13.8 Å². The zero-order valence-corrected chi connectivity index (χ0v) is 15.8. The first-order valence-electron chi connectivity index (χ1n) is 9.31. The van der Waals surface area contributed by atoms with Crippen LogP contribution >= 0.6 is 0 Å². The summed E-state index contributed by atoms with van der Waals surface area (Å²) in [6, 6.07) is 13.5. The van der Waals surface area contributed by atoms with E-state index in [0.717, 1.165) is 25.2 Å². The molecule has 1 N–H and O–H groups in total. The van der Waals surface area contributed by atoms with Crippen molar-refractivity contribution in [3.8, 4) is 0 Å². The number of benzene rings is 2. The minimum atomic E-state index is 0.910. The summed E-state index contributed by atoms with van der Waals surface area (Å²) in [5.41, 5.74) is 10.2. The fraction of sp³-hybridized carbons (Fsp3) is 0.304. The summed E-state index contributed by atoms with van der Waals surface area (Å²) in [7, 11) is 0. The molecule has 0 bridgehead atoms. The minimum Gasteiger partial charge on any atom is -0.381 e. The zero-order valence-electron chi connectivity index (χ0n) is 15.8. The molecule has 0 spiro atoms. The largest absolute Gasteiger partial charge is 0.381 e. The van der Waals surface area contributed by atoms with Crippen LogP contribution in [-0.4, -0.2) is 6.54 Å². The molecular weight excluding hydrogens is 304 g/mol. The second-order valence-corrected chi connectivity index (χ2v) is 6.38. The van der Waals surface area contributed by atoms with E-state index in [0.29, 0.717) is 0 Å². The molecule has 2 heterocycles. The van der Waals surface area contributed by atoms with Crippen LogP contribution in [-0.2, 0) is 13.0 Å². The van der Waals surface area contributed by atoms with Gasteiger partial charge in [-0.1, -0.05) is 45.6 Å². The van der Waals surface area contributed by atoms with Crippen LogP contribution in [0.15, 0.2) is 49.1 Å². The molecule has 2 aliphatic rings. The van der Waals surface area contributed by atoms with Gasteiger partial charge in [0.2, 0.25) is 0 Å². The summed E-state index contributed by atoms with van der Waals surface area (Å²) < 4.78 is 0. The Balaban J connectivity index is 0.000000880. The van der Waals surface area contributed by atoms with Crippen molar-refractivity contribution >= 4 is 22.6 Å². The molecule has 0 atom stereocenters. The van der Waals surface area contributed by atoms with Gasteiger partial charge in [0.25, 0.3) is 0 Å². The molecule has 0 amide bonds. The second-order valence-electron chi connectivity index (χ2n) is 6.38. The van der Waals surface area contributed by atoms with E-state index in [4.69, 9.17) is 0 Å². The molecule has 0 radical (unpaired) electrons. The molecule has 2 aromatic carbocycles. The first-order chi connectivity index (χ1) is 12.2. The first-order valence-corrected chi connectivity index (χ1v) is 9.31. The molecule has 130 valence electrons. The van der Waals surface area contributed by atoms with E-state index in [2.05, 4.69) is 73.1 Å². The molecule has 0 unspecified atom stereocenters. The van der Waals surface area contributed by atoms with Crippen molar-refractivity contribution in [2.45, 2.75) is 40.7 Å². The van der Waals surface area contributed by atoms with Crippen molar-refractivity contribution in [3.63, 3.8) is 0 Å². The van der Waals surface area contributed by atoms with E-state index in [-0.39, 0.29) is 0 Å². The van der Waals surface area contributed by atoms with Crippen molar-refractivity contribution in [1.82, 2.24) is 0 Å². The van der Waals surface area contributed by atoms with Gasteiger partial charge in [-0.15, -0.1) is 0 Å². The topological polar surface area (TPSA) is 15.3 Å². The van der Waals surface area contributed by atoms with Crippen molar-refractivity contribution in [2.75, 3.05) is 16.8 Å². The Morgan fingerprint density at radius 2 is 1.88 bits per heavy atom.